The summed E-state index contributed by atoms with van der Waals surface area (Å²) in [4.78, 5) is 16.3. The van der Waals surface area contributed by atoms with Crippen molar-refractivity contribution in [3.05, 3.63) is 64.3 Å². The maximum atomic E-state index is 12.2. The number of carbonyl (C=O) groups is 1. The topological polar surface area (TPSA) is 79.5 Å². The standard InChI is InChI=1S/C18H17BrN4O/c1-11-5-14(19)9-16(6-11)23-18(24)22-15-4-2-3-12(7-15)13-8-17(20)21-10-13/h2-7,9-10H,8H2,1H3,(H2,20,21)(H2,22,23,24). The fourth-order valence-electron chi connectivity index (χ4n) is 2.52. The molecule has 1 aliphatic rings. The molecule has 0 saturated heterocycles. The molecule has 4 N–H and O–H groups in total. The Morgan fingerprint density at radius 2 is 1.96 bits per heavy atom. The maximum Gasteiger partial charge on any atom is 0.323 e. The Labute approximate surface area is 148 Å². The van der Waals surface area contributed by atoms with E-state index < -0.39 is 0 Å². The van der Waals surface area contributed by atoms with Crippen molar-refractivity contribution in [2.75, 3.05) is 10.6 Å². The van der Waals surface area contributed by atoms with Crippen molar-refractivity contribution in [3.8, 4) is 0 Å². The number of urea groups is 1. The van der Waals surface area contributed by atoms with Gasteiger partial charge < -0.3 is 16.4 Å². The summed E-state index contributed by atoms with van der Waals surface area (Å²) >= 11 is 3.42. The molecule has 0 fully saturated rings. The third-order valence-corrected chi connectivity index (χ3v) is 4.01. The van der Waals surface area contributed by atoms with Crippen LogP contribution in [0.5, 0.6) is 0 Å². The molecule has 0 aromatic heterocycles. The van der Waals surface area contributed by atoms with Crippen molar-refractivity contribution in [2.45, 2.75) is 13.3 Å². The number of carbonyl (C=O) groups excluding carboxylic acids is 1. The molecule has 0 aliphatic carbocycles. The van der Waals surface area contributed by atoms with Crippen LogP contribution in [-0.4, -0.2) is 11.9 Å². The molecule has 0 atom stereocenters. The van der Waals surface area contributed by atoms with E-state index in [1.54, 1.807) is 6.20 Å². The second-order valence-corrected chi connectivity index (χ2v) is 6.54. The summed E-state index contributed by atoms with van der Waals surface area (Å²) in [5.74, 6) is 0.603. The molecule has 2 amide bonds. The van der Waals surface area contributed by atoms with E-state index in [0.717, 1.165) is 26.9 Å². The Morgan fingerprint density at radius 3 is 2.67 bits per heavy atom. The van der Waals surface area contributed by atoms with Gasteiger partial charge in [0.05, 0.1) is 0 Å². The summed E-state index contributed by atoms with van der Waals surface area (Å²) in [5, 5.41) is 5.67. The number of nitrogens with zero attached hydrogens (tertiary/aromatic N) is 1. The molecule has 0 unspecified atom stereocenters. The molecule has 0 radical (unpaired) electrons. The molecule has 6 heteroatoms. The lowest BCUT2D eigenvalue weighted by molar-refractivity contribution is 0.262. The zero-order valence-electron chi connectivity index (χ0n) is 13.1. The minimum Gasteiger partial charge on any atom is -0.387 e. The average molecular weight is 385 g/mol. The minimum absolute atomic E-state index is 0.291. The lowest BCUT2D eigenvalue weighted by Gasteiger charge is -2.10. The van der Waals surface area contributed by atoms with Gasteiger partial charge in [-0.25, -0.2) is 9.79 Å². The van der Waals surface area contributed by atoms with E-state index in [1.807, 2.05) is 49.4 Å². The first kappa shape index (κ1) is 16.3. The molecule has 3 rings (SSSR count). The summed E-state index contributed by atoms with van der Waals surface area (Å²) in [6.45, 7) is 1.97. The van der Waals surface area contributed by atoms with Crippen LogP contribution >= 0.6 is 15.9 Å². The van der Waals surface area contributed by atoms with Crippen LogP contribution in [0.2, 0.25) is 0 Å². The van der Waals surface area contributed by atoms with Gasteiger partial charge in [0, 0.05) is 28.5 Å². The number of aliphatic imine (C=N–C) groups is 1. The first-order chi connectivity index (χ1) is 11.5. The largest absolute Gasteiger partial charge is 0.387 e. The molecule has 2 aromatic carbocycles. The first-order valence-electron chi connectivity index (χ1n) is 7.46. The highest BCUT2D eigenvalue weighted by molar-refractivity contribution is 9.10. The molecular formula is C18H17BrN4O. The van der Waals surface area contributed by atoms with Crippen LogP contribution in [0, 0.1) is 6.92 Å². The number of halogens is 1. The van der Waals surface area contributed by atoms with Crippen LogP contribution in [0.4, 0.5) is 16.2 Å². The van der Waals surface area contributed by atoms with Gasteiger partial charge in [-0.3, -0.25) is 0 Å². The van der Waals surface area contributed by atoms with Crippen molar-refractivity contribution in [1.82, 2.24) is 0 Å². The highest BCUT2D eigenvalue weighted by Crippen LogP contribution is 2.25. The number of aryl methyl sites for hydroxylation is 1. The molecule has 1 aliphatic heterocycles. The Bertz CT molecular complexity index is 838. The summed E-state index contributed by atoms with van der Waals surface area (Å²) in [6, 6.07) is 13.1. The number of nitrogens with two attached hydrogens (primary N) is 1. The van der Waals surface area contributed by atoms with Crippen LogP contribution in [0.15, 0.2) is 58.1 Å². The Balaban J connectivity index is 1.68. The van der Waals surface area contributed by atoms with Gasteiger partial charge in [-0.1, -0.05) is 28.1 Å². The Kier molecular flexibility index (Phi) is 4.66. The van der Waals surface area contributed by atoms with E-state index in [-0.39, 0.29) is 6.03 Å². The predicted molar refractivity (Wildman–Crippen MR) is 102 cm³/mol. The molecule has 5 nitrogen and oxygen atoms in total. The number of benzene rings is 2. The van der Waals surface area contributed by atoms with E-state index >= 15 is 0 Å². The normalized spacial score (nSPS) is 13.2. The first-order valence-corrected chi connectivity index (χ1v) is 8.26. The molecule has 0 saturated carbocycles. The minimum atomic E-state index is -0.291. The van der Waals surface area contributed by atoms with Gasteiger partial charge in [0.15, 0.2) is 0 Å². The van der Waals surface area contributed by atoms with Crippen LogP contribution < -0.4 is 16.4 Å². The molecular weight excluding hydrogens is 368 g/mol. The molecule has 0 spiro atoms. The number of rotatable bonds is 3. The van der Waals surface area contributed by atoms with Gasteiger partial charge in [0.1, 0.15) is 5.84 Å². The molecule has 2 aromatic rings. The van der Waals surface area contributed by atoms with E-state index in [0.29, 0.717) is 17.9 Å². The van der Waals surface area contributed by atoms with E-state index in [9.17, 15) is 4.79 Å². The monoisotopic (exact) mass is 384 g/mol. The zero-order valence-corrected chi connectivity index (χ0v) is 14.7. The van der Waals surface area contributed by atoms with Gasteiger partial charge in [0.25, 0.3) is 0 Å². The third-order valence-electron chi connectivity index (χ3n) is 3.55. The van der Waals surface area contributed by atoms with Crippen molar-refractivity contribution >= 4 is 44.7 Å². The van der Waals surface area contributed by atoms with Crippen LogP contribution in [-0.2, 0) is 0 Å². The fourth-order valence-corrected chi connectivity index (χ4v) is 3.13. The Morgan fingerprint density at radius 1 is 1.17 bits per heavy atom. The molecule has 1 heterocycles. The second-order valence-electron chi connectivity index (χ2n) is 5.63. The average Bonchev–Trinajstić information content (AvgIpc) is 2.93. The van der Waals surface area contributed by atoms with Gasteiger partial charge in [0.2, 0.25) is 0 Å². The van der Waals surface area contributed by atoms with Crippen molar-refractivity contribution in [1.29, 1.82) is 0 Å². The van der Waals surface area contributed by atoms with Gasteiger partial charge >= 0.3 is 6.03 Å². The number of amides is 2. The van der Waals surface area contributed by atoms with Crippen LogP contribution in [0.25, 0.3) is 5.57 Å². The SMILES string of the molecule is Cc1cc(Br)cc(NC(=O)Nc2cccc(C3=CN=C(N)C3)c2)c1. The maximum absolute atomic E-state index is 12.2. The van der Waals surface area contributed by atoms with Crippen molar-refractivity contribution in [2.24, 2.45) is 10.7 Å². The number of hydrogen-bond donors (Lipinski definition) is 3. The third kappa shape index (κ3) is 4.02. The summed E-state index contributed by atoms with van der Waals surface area (Å²) < 4.78 is 0.922. The van der Waals surface area contributed by atoms with Gasteiger partial charge in [-0.15, -0.1) is 0 Å². The van der Waals surface area contributed by atoms with Gasteiger partial charge in [-0.2, -0.15) is 0 Å². The smallest absolute Gasteiger partial charge is 0.323 e. The van der Waals surface area contributed by atoms with Crippen molar-refractivity contribution < 1.29 is 4.79 Å². The molecule has 24 heavy (non-hydrogen) atoms. The quantitative estimate of drug-likeness (QED) is 0.727. The van der Waals surface area contributed by atoms with E-state index in [1.165, 1.54) is 0 Å². The molecule has 122 valence electrons. The number of anilines is 2. The highest BCUT2D eigenvalue weighted by atomic mass is 79.9. The lowest BCUT2D eigenvalue weighted by atomic mass is 10.0. The zero-order chi connectivity index (χ0) is 17.1. The highest BCUT2D eigenvalue weighted by Gasteiger charge is 2.10. The van der Waals surface area contributed by atoms with Gasteiger partial charge in [-0.05, 0) is 54.0 Å². The second kappa shape index (κ2) is 6.88. The van der Waals surface area contributed by atoms with Crippen LogP contribution in [0.1, 0.15) is 17.5 Å². The van der Waals surface area contributed by atoms with Crippen LogP contribution in [0.3, 0.4) is 0 Å². The fraction of sp³-hybridized carbons (Fsp3) is 0.111. The predicted octanol–water partition coefficient (Wildman–Crippen LogP) is 4.50. The molecule has 0 bridgehead atoms. The summed E-state index contributed by atoms with van der Waals surface area (Å²) in [5.41, 5.74) is 10.2. The number of nitrogens with one attached hydrogen (secondary N) is 2. The Hall–Kier alpha value is -2.60. The van der Waals surface area contributed by atoms with E-state index in [4.69, 9.17) is 5.73 Å². The summed E-state index contributed by atoms with van der Waals surface area (Å²) in [7, 11) is 0. The number of hydrogen-bond acceptors (Lipinski definition) is 3. The van der Waals surface area contributed by atoms with Crippen molar-refractivity contribution in [3.63, 3.8) is 0 Å². The lowest BCUT2D eigenvalue weighted by Crippen LogP contribution is -2.19. The van der Waals surface area contributed by atoms with E-state index in [2.05, 4.69) is 31.6 Å². The number of amidine groups is 1. The summed E-state index contributed by atoms with van der Waals surface area (Å²) in [6.07, 6.45) is 2.39.